The second kappa shape index (κ2) is 6.71. The highest BCUT2D eigenvalue weighted by molar-refractivity contribution is 4.91. The van der Waals surface area contributed by atoms with Crippen LogP contribution in [0.2, 0.25) is 0 Å². The second-order valence-corrected chi connectivity index (χ2v) is 4.70. The molecule has 2 unspecified atom stereocenters. The number of rotatable bonds is 7. The molecule has 0 saturated heterocycles. The van der Waals surface area contributed by atoms with Crippen LogP contribution in [0.4, 0.5) is 0 Å². The van der Waals surface area contributed by atoms with Crippen molar-refractivity contribution < 1.29 is 9.26 Å². The van der Waals surface area contributed by atoms with E-state index in [4.69, 9.17) is 9.26 Å². The fourth-order valence-electron chi connectivity index (χ4n) is 1.66. The third-order valence-corrected chi connectivity index (χ3v) is 2.95. The first-order valence-electron chi connectivity index (χ1n) is 6.08. The summed E-state index contributed by atoms with van der Waals surface area (Å²) in [6, 6.07) is 0.364. The number of likely N-dealkylation sites (N-methyl/N-ethyl adjacent to an activating group) is 1. The molecular weight excluding hydrogens is 218 g/mol. The largest absolute Gasteiger partial charge is 0.381 e. The monoisotopic (exact) mass is 241 g/mol. The minimum absolute atomic E-state index is 0.116. The Hall–Kier alpha value is -0.940. The fourth-order valence-corrected chi connectivity index (χ4v) is 1.66. The summed E-state index contributed by atoms with van der Waals surface area (Å²) >= 11 is 0. The Bertz CT molecular complexity index is 325. The summed E-state index contributed by atoms with van der Waals surface area (Å²) in [6.45, 7) is 6.33. The van der Waals surface area contributed by atoms with Crippen molar-refractivity contribution in [1.82, 2.24) is 15.5 Å². The van der Waals surface area contributed by atoms with Crippen LogP contribution in [0.5, 0.6) is 0 Å². The maximum atomic E-state index is 5.24. The molecule has 0 spiro atoms. The van der Waals surface area contributed by atoms with E-state index in [0.29, 0.717) is 30.1 Å². The zero-order chi connectivity index (χ0) is 12.8. The highest BCUT2D eigenvalue weighted by Gasteiger charge is 2.16. The fraction of sp³-hybridized carbons (Fsp3) is 0.833. The van der Waals surface area contributed by atoms with Crippen LogP contribution in [0.15, 0.2) is 4.52 Å². The quantitative estimate of drug-likeness (QED) is 0.782. The molecule has 0 aromatic carbocycles. The van der Waals surface area contributed by atoms with Crippen LogP contribution in [-0.4, -0.2) is 36.4 Å². The summed E-state index contributed by atoms with van der Waals surface area (Å²) in [5, 5.41) is 7.22. The molecule has 0 radical (unpaired) electrons. The molecule has 1 N–H and O–H groups in total. The molecule has 0 aliphatic rings. The van der Waals surface area contributed by atoms with Crippen LogP contribution in [0.1, 0.15) is 32.5 Å². The van der Waals surface area contributed by atoms with Crippen LogP contribution in [-0.2, 0) is 17.6 Å². The molecule has 1 aromatic rings. The van der Waals surface area contributed by atoms with E-state index in [2.05, 4.69) is 29.3 Å². The van der Waals surface area contributed by atoms with Crippen molar-refractivity contribution in [3.8, 4) is 0 Å². The van der Waals surface area contributed by atoms with E-state index in [-0.39, 0.29) is 6.10 Å². The lowest BCUT2D eigenvalue weighted by Crippen LogP contribution is -2.32. The van der Waals surface area contributed by atoms with E-state index in [1.807, 2.05) is 14.0 Å². The predicted molar refractivity (Wildman–Crippen MR) is 65.9 cm³/mol. The minimum atomic E-state index is 0.116. The Kier molecular flexibility index (Phi) is 5.58. The lowest BCUT2D eigenvalue weighted by Gasteiger charge is -2.17. The van der Waals surface area contributed by atoms with Gasteiger partial charge in [-0.25, -0.2) is 0 Å². The third kappa shape index (κ3) is 4.44. The highest BCUT2D eigenvalue weighted by Crippen LogP contribution is 2.09. The summed E-state index contributed by atoms with van der Waals surface area (Å²) in [5.41, 5.74) is 0. The van der Waals surface area contributed by atoms with Gasteiger partial charge in [-0.1, -0.05) is 19.0 Å². The van der Waals surface area contributed by atoms with Gasteiger partial charge < -0.3 is 14.6 Å². The number of aromatic nitrogens is 2. The molecule has 1 heterocycles. The number of nitrogens with zero attached hydrogens (tertiary/aromatic N) is 2. The van der Waals surface area contributed by atoms with Gasteiger partial charge in [-0.3, -0.25) is 0 Å². The predicted octanol–water partition coefficient (Wildman–Crippen LogP) is 1.43. The number of ether oxygens (including phenoxy) is 1. The molecule has 0 saturated carbocycles. The molecule has 2 atom stereocenters. The van der Waals surface area contributed by atoms with Gasteiger partial charge >= 0.3 is 0 Å². The minimum Gasteiger partial charge on any atom is -0.381 e. The Morgan fingerprint density at radius 3 is 2.53 bits per heavy atom. The summed E-state index contributed by atoms with van der Waals surface area (Å²) in [4.78, 5) is 4.37. The first kappa shape index (κ1) is 14.1. The standard InChI is InChI=1S/C12H23N3O2/c1-8(2)10(13-4)7-12-14-11(15-17-12)6-9(3)16-5/h8-10,13H,6-7H2,1-5H3. The smallest absolute Gasteiger partial charge is 0.228 e. The summed E-state index contributed by atoms with van der Waals surface area (Å²) < 4.78 is 10.4. The van der Waals surface area contributed by atoms with E-state index in [1.54, 1.807) is 7.11 Å². The SMILES string of the molecule is CNC(Cc1nc(CC(C)OC)no1)C(C)C. The third-order valence-electron chi connectivity index (χ3n) is 2.95. The number of hydrogen-bond acceptors (Lipinski definition) is 5. The second-order valence-electron chi connectivity index (χ2n) is 4.70. The zero-order valence-electron chi connectivity index (χ0n) is 11.4. The average molecular weight is 241 g/mol. The Morgan fingerprint density at radius 1 is 1.29 bits per heavy atom. The lowest BCUT2D eigenvalue weighted by atomic mass is 10.0. The molecule has 0 fully saturated rings. The first-order valence-corrected chi connectivity index (χ1v) is 6.08. The molecular formula is C12H23N3O2. The molecule has 98 valence electrons. The van der Waals surface area contributed by atoms with Gasteiger partial charge in [-0.15, -0.1) is 0 Å². The van der Waals surface area contributed by atoms with E-state index in [0.717, 1.165) is 6.42 Å². The van der Waals surface area contributed by atoms with Crippen LogP contribution in [0.3, 0.4) is 0 Å². The van der Waals surface area contributed by atoms with Gasteiger partial charge in [0.25, 0.3) is 0 Å². The molecule has 5 nitrogen and oxygen atoms in total. The maximum Gasteiger partial charge on any atom is 0.228 e. The number of nitrogens with one attached hydrogen (secondary N) is 1. The van der Waals surface area contributed by atoms with Crippen LogP contribution in [0, 0.1) is 5.92 Å². The van der Waals surface area contributed by atoms with Gasteiger partial charge in [0.1, 0.15) is 0 Å². The number of methoxy groups -OCH3 is 1. The van der Waals surface area contributed by atoms with Gasteiger partial charge in [0.05, 0.1) is 6.10 Å². The van der Waals surface area contributed by atoms with E-state index in [1.165, 1.54) is 0 Å². The molecule has 0 bridgehead atoms. The molecule has 1 rings (SSSR count). The molecule has 5 heteroatoms. The normalized spacial score (nSPS) is 15.2. The summed E-state index contributed by atoms with van der Waals surface area (Å²) in [5.74, 6) is 1.94. The summed E-state index contributed by atoms with van der Waals surface area (Å²) in [7, 11) is 3.64. The van der Waals surface area contributed by atoms with Crippen molar-refractivity contribution in [1.29, 1.82) is 0 Å². The van der Waals surface area contributed by atoms with Crippen molar-refractivity contribution in [2.75, 3.05) is 14.2 Å². The lowest BCUT2D eigenvalue weighted by molar-refractivity contribution is 0.116. The van der Waals surface area contributed by atoms with Gasteiger partial charge in [0.2, 0.25) is 5.89 Å². The van der Waals surface area contributed by atoms with Crippen molar-refractivity contribution >= 4 is 0 Å². The van der Waals surface area contributed by atoms with Gasteiger partial charge in [0, 0.05) is 26.0 Å². The zero-order valence-corrected chi connectivity index (χ0v) is 11.4. The Balaban J connectivity index is 2.55. The van der Waals surface area contributed by atoms with Gasteiger partial charge in [-0.05, 0) is 19.9 Å². The Morgan fingerprint density at radius 2 is 2.00 bits per heavy atom. The molecule has 0 aliphatic heterocycles. The molecule has 1 aromatic heterocycles. The Labute approximate surface area is 103 Å². The van der Waals surface area contributed by atoms with Gasteiger partial charge in [0.15, 0.2) is 5.82 Å². The molecule has 0 aliphatic carbocycles. The van der Waals surface area contributed by atoms with E-state index >= 15 is 0 Å². The average Bonchev–Trinajstić information content (AvgIpc) is 2.72. The van der Waals surface area contributed by atoms with Gasteiger partial charge in [-0.2, -0.15) is 4.98 Å². The van der Waals surface area contributed by atoms with E-state index < -0.39 is 0 Å². The molecule has 17 heavy (non-hydrogen) atoms. The summed E-state index contributed by atoms with van der Waals surface area (Å²) in [6.07, 6.45) is 1.57. The first-order chi connectivity index (χ1) is 8.06. The van der Waals surface area contributed by atoms with Crippen molar-refractivity contribution in [3.05, 3.63) is 11.7 Å². The molecule has 0 amide bonds. The van der Waals surface area contributed by atoms with Crippen molar-refractivity contribution in [2.24, 2.45) is 5.92 Å². The van der Waals surface area contributed by atoms with Crippen molar-refractivity contribution in [3.63, 3.8) is 0 Å². The number of hydrogen-bond donors (Lipinski definition) is 1. The van der Waals surface area contributed by atoms with Crippen molar-refractivity contribution in [2.45, 2.75) is 45.8 Å². The topological polar surface area (TPSA) is 60.2 Å². The van der Waals surface area contributed by atoms with Crippen LogP contribution < -0.4 is 5.32 Å². The maximum absolute atomic E-state index is 5.24. The highest BCUT2D eigenvalue weighted by atomic mass is 16.5. The van der Waals surface area contributed by atoms with E-state index in [9.17, 15) is 0 Å². The van der Waals surface area contributed by atoms with Crippen LogP contribution in [0.25, 0.3) is 0 Å². The van der Waals surface area contributed by atoms with Crippen LogP contribution >= 0.6 is 0 Å².